The number of rotatable bonds is 6. The summed E-state index contributed by atoms with van der Waals surface area (Å²) in [6.07, 6.45) is 2.76. The van der Waals surface area contributed by atoms with Crippen LogP contribution in [-0.2, 0) is 9.53 Å². The fourth-order valence-electron chi connectivity index (χ4n) is 1.96. The van der Waals surface area contributed by atoms with Crippen LogP contribution in [0.15, 0.2) is 0 Å². The second-order valence-electron chi connectivity index (χ2n) is 4.69. The molecule has 1 saturated heterocycles. The molecule has 3 unspecified atom stereocenters. The Labute approximate surface area is 97.4 Å². The number of aliphatic hydroxyl groups is 1. The maximum atomic E-state index is 11.7. The summed E-state index contributed by atoms with van der Waals surface area (Å²) in [6, 6.07) is 0. The van der Waals surface area contributed by atoms with Crippen LogP contribution < -0.4 is 5.32 Å². The predicted molar refractivity (Wildman–Crippen MR) is 62.0 cm³/mol. The predicted octanol–water partition coefficient (Wildman–Crippen LogP) is 0.936. The molecule has 1 rings (SSSR count). The molecule has 0 saturated carbocycles. The van der Waals surface area contributed by atoms with Crippen LogP contribution in [-0.4, -0.2) is 36.9 Å². The summed E-state index contributed by atoms with van der Waals surface area (Å²) in [5.74, 6) is 0.461. The van der Waals surface area contributed by atoms with Gasteiger partial charge in [0, 0.05) is 19.8 Å². The minimum absolute atomic E-state index is 0.0234. The Hall–Kier alpha value is -0.610. The number of carbonyl (C=O) groups excluding carboxylic acids is 1. The minimum Gasteiger partial charge on any atom is -0.396 e. The van der Waals surface area contributed by atoms with Crippen molar-refractivity contribution < 1.29 is 14.6 Å². The third kappa shape index (κ3) is 4.10. The van der Waals surface area contributed by atoms with E-state index in [0.717, 1.165) is 19.3 Å². The van der Waals surface area contributed by atoms with E-state index in [9.17, 15) is 4.79 Å². The second-order valence-corrected chi connectivity index (χ2v) is 4.69. The van der Waals surface area contributed by atoms with Crippen molar-refractivity contribution in [1.29, 1.82) is 0 Å². The highest BCUT2D eigenvalue weighted by atomic mass is 16.5. The van der Waals surface area contributed by atoms with Gasteiger partial charge in [0.2, 0.25) is 5.91 Å². The number of aliphatic hydroxyl groups excluding tert-OH is 1. The number of ether oxygens (including phenoxy) is 1. The first kappa shape index (κ1) is 13.5. The average Bonchev–Trinajstić information content (AvgIpc) is 2.70. The third-order valence-corrected chi connectivity index (χ3v) is 3.20. The summed E-state index contributed by atoms with van der Waals surface area (Å²) in [4.78, 5) is 11.7. The van der Waals surface area contributed by atoms with Gasteiger partial charge in [0.1, 0.15) is 0 Å². The smallest absolute Gasteiger partial charge is 0.225 e. The lowest BCUT2D eigenvalue weighted by molar-refractivity contribution is -0.126. The zero-order valence-corrected chi connectivity index (χ0v) is 10.2. The van der Waals surface area contributed by atoms with Gasteiger partial charge in [-0.1, -0.05) is 6.92 Å². The van der Waals surface area contributed by atoms with Gasteiger partial charge in [-0.3, -0.25) is 4.79 Å². The Morgan fingerprint density at radius 2 is 2.38 bits per heavy atom. The Morgan fingerprint density at radius 3 is 2.94 bits per heavy atom. The van der Waals surface area contributed by atoms with E-state index < -0.39 is 0 Å². The summed E-state index contributed by atoms with van der Waals surface area (Å²) >= 11 is 0. The normalized spacial score (nSPS) is 26.7. The molecule has 0 bridgehead atoms. The van der Waals surface area contributed by atoms with Crippen molar-refractivity contribution in [3.63, 3.8) is 0 Å². The van der Waals surface area contributed by atoms with E-state index in [4.69, 9.17) is 9.84 Å². The molecule has 2 N–H and O–H groups in total. The molecular formula is C12H23NO3. The van der Waals surface area contributed by atoms with Gasteiger partial charge in [0.05, 0.1) is 12.0 Å². The monoisotopic (exact) mass is 229 g/mol. The molecule has 4 heteroatoms. The molecule has 94 valence electrons. The highest BCUT2D eigenvalue weighted by Crippen LogP contribution is 2.20. The van der Waals surface area contributed by atoms with Gasteiger partial charge in [0.15, 0.2) is 0 Å². The number of hydrogen-bond acceptors (Lipinski definition) is 3. The largest absolute Gasteiger partial charge is 0.396 e. The molecule has 1 aliphatic rings. The Bertz CT molecular complexity index is 220. The summed E-state index contributed by atoms with van der Waals surface area (Å²) in [5, 5.41) is 11.8. The Kier molecular flexibility index (Phi) is 5.77. The van der Waals surface area contributed by atoms with E-state index in [0.29, 0.717) is 19.1 Å². The van der Waals surface area contributed by atoms with E-state index in [1.165, 1.54) is 0 Å². The topological polar surface area (TPSA) is 58.6 Å². The van der Waals surface area contributed by atoms with E-state index in [1.807, 2.05) is 13.8 Å². The van der Waals surface area contributed by atoms with E-state index in [1.54, 1.807) is 0 Å². The molecule has 16 heavy (non-hydrogen) atoms. The molecule has 1 heterocycles. The van der Waals surface area contributed by atoms with E-state index in [-0.39, 0.29) is 24.5 Å². The zero-order valence-electron chi connectivity index (χ0n) is 10.2. The molecule has 3 atom stereocenters. The van der Waals surface area contributed by atoms with Crippen LogP contribution in [0.4, 0.5) is 0 Å². The second kappa shape index (κ2) is 6.86. The van der Waals surface area contributed by atoms with Crippen LogP contribution in [0.5, 0.6) is 0 Å². The van der Waals surface area contributed by atoms with Crippen molar-refractivity contribution in [2.45, 2.75) is 39.2 Å². The molecule has 1 fully saturated rings. The van der Waals surface area contributed by atoms with Crippen molar-refractivity contribution >= 4 is 5.91 Å². The standard InChI is InChI=1S/C12H23NO3/c1-9(8-14)4-3-6-13-12(15)11-5-7-16-10(11)2/h9-11,14H,3-8H2,1-2H3,(H,13,15). The van der Waals surface area contributed by atoms with Crippen LogP contribution in [0, 0.1) is 11.8 Å². The maximum absolute atomic E-state index is 11.7. The van der Waals surface area contributed by atoms with Gasteiger partial charge in [-0.2, -0.15) is 0 Å². The molecule has 0 aromatic heterocycles. The molecular weight excluding hydrogens is 206 g/mol. The molecule has 1 aliphatic heterocycles. The Balaban J connectivity index is 2.10. The van der Waals surface area contributed by atoms with E-state index >= 15 is 0 Å². The van der Waals surface area contributed by atoms with Crippen molar-refractivity contribution in [3.8, 4) is 0 Å². The van der Waals surface area contributed by atoms with Crippen LogP contribution in [0.3, 0.4) is 0 Å². The summed E-state index contributed by atoms with van der Waals surface area (Å²) in [6.45, 7) is 5.58. The van der Waals surface area contributed by atoms with Gasteiger partial charge in [-0.25, -0.2) is 0 Å². The van der Waals surface area contributed by atoms with Gasteiger partial charge in [-0.05, 0) is 32.1 Å². The molecule has 0 aliphatic carbocycles. The van der Waals surface area contributed by atoms with Gasteiger partial charge in [0.25, 0.3) is 0 Å². The third-order valence-electron chi connectivity index (χ3n) is 3.20. The van der Waals surface area contributed by atoms with Crippen molar-refractivity contribution in [1.82, 2.24) is 5.32 Å². The fourth-order valence-corrected chi connectivity index (χ4v) is 1.96. The van der Waals surface area contributed by atoms with Crippen LogP contribution in [0.1, 0.15) is 33.1 Å². The molecule has 1 amide bonds. The molecule has 0 spiro atoms. The highest BCUT2D eigenvalue weighted by Gasteiger charge is 2.30. The number of amides is 1. The van der Waals surface area contributed by atoms with Crippen molar-refractivity contribution in [2.24, 2.45) is 11.8 Å². The lowest BCUT2D eigenvalue weighted by Gasteiger charge is -2.14. The first-order valence-corrected chi connectivity index (χ1v) is 6.15. The van der Waals surface area contributed by atoms with Gasteiger partial charge >= 0.3 is 0 Å². The van der Waals surface area contributed by atoms with Crippen molar-refractivity contribution in [3.05, 3.63) is 0 Å². The molecule has 0 radical (unpaired) electrons. The molecule has 0 aromatic carbocycles. The van der Waals surface area contributed by atoms with E-state index in [2.05, 4.69) is 5.32 Å². The van der Waals surface area contributed by atoms with Crippen LogP contribution in [0.25, 0.3) is 0 Å². The maximum Gasteiger partial charge on any atom is 0.225 e. The zero-order chi connectivity index (χ0) is 12.0. The first-order valence-electron chi connectivity index (χ1n) is 6.15. The first-order chi connectivity index (χ1) is 7.65. The number of hydrogen-bond donors (Lipinski definition) is 2. The Morgan fingerprint density at radius 1 is 1.62 bits per heavy atom. The highest BCUT2D eigenvalue weighted by molar-refractivity contribution is 5.79. The number of carbonyl (C=O) groups is 1. The van der Waals surface area contributed by atoms with Crippen molar-refractivity contribution in [2.75, 3.05) is 19.8 Å². The number of nitrogens with one attached hydrogen (secondary N) is 1. The van der Waals surface area contributed by atoms with Crippen LogP contribution >= 0.6 is 0 Å². The molecule has 0 aromatic rings. The van der Waals surface area contributed by atoms with Gasteiger partial charge in [-0.15, -0.1) is 0 Å². The average molecular weight is 229 g/mol. The van der Waals surface area contributed by atoms with Crippen LogP contribution in [0.2, 0.25) is 0 Å². The minimum atomic E-state index is 0.0234. The SMILES string of the molecule is CC(CO)CCCNC(=O)C1CCOC1C. The fraction of sp³-hybridized carbons (Fsp3) is 0.917. The lowest BCUT2D eigenvalue weighted by Crippen LogP contribution is -2.34. The summed E-state index contributed by atoms with van der Waals surface area (Å²) < 4.78 is 5.35. The quantitative estimate of drug-likeness (QED) is 0.666. The molecule has 4 nitrogen and oxygen atoms in total. The van der Waals surface area contributed by atoms with Gasteiger partial charge < -0.3 is 15.2 Å². The summed E-state index contributed by atoms with van der Waals surface area (Å²) in [5.41, 5.74) is 0. The summed E-state index contributed by atoms with van der Waals surface area (Å²) in [7, 11) is 0. The lowest BCUT2D eigenvalue weighted by atomic mass is 10.0.